The summed E-state index contributed by atoms with van der Waals surface area (Å²) >= 11 is 9.51. The minimum Gasteiger partial charge on any atom is -0.457 e. The largest absolute Gasteiger partial charge is 0.457 e. The molecule has 2 aromatic heterocycles. The molecule has 1 N–H and O–H groups in total. The first-order chi connectivity index (χ1) is 8.08. The van der Waals surface area contributed by atoms with E-state index in [-0.39, 0.29) is 5.91 Å². The van der Waals surface area contributed by atoms with Crippen LogP contribution in [0, 0.1) is 0 Å². The summed E-state index contributed by atoms with van der Waals surface area (Å²) in [5.74, 6) is 0.00856. The molecule has 0 fully saturated rings. The number of furan rings is 1. The molecule has 0 spiro atoms. The SMILES string of the molecule is O=C(Nc1ncc(Br)nc1Br)c1ccoc1Br. The molecule has 0 aliphatic rings. The van der Waals surface area contributed by atoms with E-state index < -0.39 is 0 Å². The number of rotatable bonds is 2. The molecule has 0 saturated heterocycles. The second-order valence-corrected chi connectivity index (χ2v) is 5.18. The van der Waals surface area contributed by atoms with Gasteiger partial charge in [0.2, 0.25) is 0 Å². The number of halogens is 3. The van der Waals surface area contributed by atoms with E-state index in [9.17, 15) is 4.79 Å². The Labute approximate surface area is 121 Å². The van der Waals surface area contributed by atoms with Gasteiger partial charge in [-0.25, -0.2) is 9.97 Å². The highest BCUT2D eigenvalue weighted by Gasteiger charge is 2.15. The number of aromatic nitrogens is 2. The minimum atomic E-state index is -0.331. The van der Waals surface area contributed by atoms with E-state index >= 15 is 0 Å². The molecule has 8 heteroatoms. The second kappa shape index (κ2) is 5.28. The fourth-order valence-corrected chi connectivity index (χ4v) is 2.39. The number of carbonyl (C=O) groups is 1. The first-order valence-electron chi connectivity index (χ1n) is 4.30. The number of hydrogen-bond donors (Lipinski definition) is 1. The summed E-state index contributed by atoms with van der Waals surface area (Å²) in [5.41, 5.74) is 0.390. The molecular weight excluding hydrogens is 422 g/mol. The Balaban J connectivity index is 2.22. The van der Waals surface area contributed by atoms with Gasteiger partial charge >= 0.3 is 0 Å². The Bertz CT molecular complexity index is 570. The minimum absolute atomic E-state index is 0.331. The van der Waals surface area contributed by atoms with Gasteiger partial charge < -0.3 is 9.73 Å². The number of hydrogen-bond acceptors (Lipinski definition) is 4. The lowest BCUT2D eigenvalue weighted by Crippen LogP contribution is -2.13. The summed E-state index contributed by atoms with van der Waals surface area (Å²) in [6.07, 6.45) is 2.91. The lowest BCUT2D eigenvalue weighted by atomic mass is 10.3. The van der Waals surface area contributed by atoms with Crippen LogP contribution in [0.25, 0.3) is 0 Å². The Morgan fingerprint density at radius 1 is 1.35 bits per heavy atom. The van der Waals surface area contributed by atoms with E-state index in [1.807, 2.05) is 0 Å². The molecule has 1 amide bonds. The lowest BCUT2D eigenvalue weighted by molar-refractivity contribution is 0.102. The van der Waals surface area contributed by atoms with Gasteiger partial charge in [0.1, 0.15) is 9.21 Å². The van der Waals surface area contributed by atoms with E-state index in [1.165, 1.54) is 12.5 Å². The van der Waals surface area contributed by atoms with Crippen LogP contribution in [-0.2, 0) is 0 Å². The summed E-state index contributed by atoms with van der Waals surface area (Å²) in [6, 6.07) is 1.56. The van der Waals surface area contributed by atoms with Crippen molar-refractivity contribution in [2.45, 2.75) is 0 Å². The standard InChI is InChI=1S/C9H4Br3N3O2/c10-5-3-13-8(6(11)14-5)15-9(16)4-1-2-17-7(4)12/h1-3H,(H,13,15,16). The van der Waals surface area contributed by atoms with Crippen molar-refractivity contribution < 1.29 is 9.21 Å². The van der Waals surface area contributed by atoms with Crippen molar-refractivity contribution in [3.63, 3.8) is 0 Å². The van der Waals surface area contributed by atoms with Gasteiger partial charge in [0.05, 0.1) is 18.0 Å². The average molecular weight is 426 g/mol. The van der Waals surface area contributed by atoms with Crippen LogP contribution < -0.4 is 5.32 Å². The third-order valence-corrected chi connectivity index (χ3v) is 3.34. The monoisotopic (exact) mass is 423 g/mol. The molecule has 2 aromatic rings. The highest BCUT2D eigenvalue weighted by molar-refractivity contribution is 9.11. The van der Waals surface area contributed by atoms with Crippen LogP contribution in [0.2, 0.25) is 0 Å². The summed E-state index contributed by atoms with van der Waals surface area (Å²) in [7, 11) is 0. The third-order valence-electron chi connectivity index (χ3n) is 1.80. The van der Waals surface area contributed by atoms with Gasteiger partial charge in [0.15, 0.2) is 10.5 Å². The van der Waals surface area contributed by atoms with Crippen molar-refractivity contribution >= 4 is 59.5 Å². The van der Waals surface area contributed by atoms with Crippen molar-refractivity contribution in [2.24, 2.45) is 0 Å². The van der Waals surface area contributed by atoms with Gasteiger partial charge in [-0.2, -0.15) is 0 Å². The molecule has 2 heterocycles. The van der Waals surface area contributed by atoms with Crippen LogP contribution in [0.5, 0.6) is 0 Å². The summed E-state index contributed by atoms with van der Waals surface area (Å²) in [5, 5.41) is 2.61. The number of amides is 1. The maximum absolute atomic E-state index is 11.8. The van der Waals surface area contributed by atoms with Crippen molar-refractivity contribution in [3.05, 3.63) is 38.0 Å². The predicted molar refractivity (Wildman–Crippen MR) is 71.8 cm³/mol. The predicted octanol–water partition coefficient (Wildman–Crippen LogP) is 3.61. The molecule has 2 rings (SSSR count). The van der Waals surface area contributed by atoms with Crippen molar-refractivity contribution in [3.8, 4) is 0 Å². The van der Waals surface area contributed by atoms with Gasteiger partial charge in [0.25, 0.3) is 5.91 Å². The van der Waals surface area contributed by atoms with Gasteiger partial charge in [-0.15, -0.1) is 0 Å². The molecule has 0 radical (unpaired) electrons. The van der Waals surface area contributed by atoms with Crippen molar-refractivity contribution in [2.75, 3.05) is 5.32 Å². The van der Waals surface area contributed by atoms with E-state index in [2.05, 4.69) is 63.1 Å². The normalized spacial score (nSPS) is 10.3. The molecule has 0 atom stereocenters. The van der Waals surface area contributed by atoms with E-state index in [4.69, 9.17) is 4.42 Å². The number of carbonyl (C=O) groups excluding carboxylic acids is 1. The van der Waals surface area contributed by atoms with Gasteiger partial charge in [-0.3, -0.25) is 4.79 Å². The zero-order valence-corrected chi connectivity index (χ0v) is 12.8. The van der Waals surface area contributed by atoms with Crippen LogP contribution in [0.4, 0.5) is 5.82 Å². The summed E-state index contributed by atoms with van der Waals surface area (Å²) in [4.78, 5) is 19.9. The molecule has 5 nitrogen and oxygen atoms in total. The van der Waals surface area contributed by atoms with Gasteiger partial charge in [-0.1, -0.05) is 0 Å². The molecule has 17 heavy (non-hydrogen) atoms. The van der Waals surface area contributed by atoms with Crippen LogP contribution in [0.15, 0.2) is 36.8 Å². The number of nitrogens with zero attached hydrogens (tertiary/aromatic N) is 2. The first kappa shape index (κ1) is 12.7. The van der Waals surface area contributed by atoms with E-state index in [1.54, 1.807) is 6.07 Å². The smallest absolute Gasteiger partial charge is 0.261 e. The Hall–Kier alpha value is -0.730. The van der Waals surface area contributed by atoms with Crippen LogP contribution >= 0.6 is 47.8 Å². The first-order valence-corrected chi connectivity index (χ1v) is 6.68. The molecule has 0 aliphatic heterocycles. The molecule has 88 valence electrons. The van der Waals surface area contributed by atoms with Crippen molar-refractivity contribution in [1.29, 1.82) is 0 Å². The Morgan fingerprint density at radius 2 is 2.12 bits per heavy atom. The summed E-state index contributed by atoms with van der Waals surface area (Å²) in [6.45, 7) is 0. The third kappa shape index (κ3) is 2.93. The van der Waals surface area contributed by atoms with Crippen LogP contribution in [0.1, 0.15) is 10.4 Å². The Kier molecular flexibility index (Phi) is 3.95. The second-order valence-electron chi connectivity index (χ2n) is 2.89. The van der Waals surface area contributed by atoms with Crippen LogP contribution in [-0.4, -0.2) is 15.9 Å². The molecular formula is C9H4Br3N3O2. The van der Waals surface area contributed by atoms with Crippen molar-refractivity contribution in [1.82, 2.24) is 9.97 Å². The summed E-state index contributed by atoms with van der Waals surface area (Å²) < 4.78 is 6.36. The number of nitrogens with one attached hydrogen (secondary N) is 1. The zero-order valence-electron chi connectivity index (χ0n) is 8.08. The van der Waals surface area contributed by atoms with E-state index in [0.29, 0.717) is 25.3 Å². The zero-order chi connectivity index (χ0) is 12.4. The fourth-order valence-electron chi connectivity index (χ4n) is 1.06. The topological polar surface area (TPSA) is 68.0 Å². The van der Waals surface area contributed by atoms with Crippen LogP contribution in [0.3, 0.4) is 0 Å². The molecule has 0 aromatic carbocycles. The highest BCUT2D eigenvalue weighted by Crippen LogP contribution is 2.22. The van der Waals surface area contributed by atoms with Gasteiger partial charge in [-0.05, 0) is 53.9 Å². The van der Waals surface area contributed by atoms with E-state index in [0.717, 1.165) is 0 Å². The molecule has 0 bridgehead atoms. The number of anilines is 1. The van der Waals surface area contributed by atoms with Gasteiger partial charge in [0, 0.05) is 0 Å². The quantitative estimate of drug-likeness (QED) is 0.798. The maximum atomic E-state index is 11.8. The molecule has 0 unspecified atom stereocenters. The molecule has 0 saturated carbocycles. The Morgan fingerprint density at radius 3 is 2.71 bits per heavy atom. The average Bonchev–Trinajstić information content (AvgIpc) is 2.68. The highest BCUT2D eigenvalue weighted by atomic mass is 79.9. The maximum Gasteiger partial charge on any atom is 0.261 e. The molecule has 0 aliphatic carbocycles. The fraction of sp³-hybridized carbons (Fsp3) is 0. The lowest BCUT2D eigenvalue weighted by Gasteiger charge is -2.04.